The van der Waals surface area contributed by atoms with Crippen LogP contribution in [0.5, 0.6) is 5.75 Å². The van der Waals surface area contributed by atoms with Crippen LogP contribution in [-0.4, -0.2) is 16.5 Å². The highest BCUT2D eigenvalue weighted by atomic mass is 35.5. The highest BCUT2D eigenvalue weighted by molar-refractivity contribution is 6.35. The Balaban J connectivity index is 1.61. The second-order valence-corrected chi connectivity index (χ2v) is 8.32. The monoisotopic (exact) mass is 474 g/mol. The number of hydrogen-bond acceptors (Lipinski definition) is 3. The maximum atomic E-state index is 11.4. The molecule has 0 saturated carbocycles. The minimum atomic E-state index is -0.455. The first-order chi connectivity index (χ1) is 14.9. The minimum Gasteiger partial charge on any atom is -0.487 e. The summed E-state index contributed by atoms with van der Waals surface area (Å²) in [6.45, 7) is -0.0331. The lowest BCUT2D eigenvalue weighted by Crippen LogP contribution is -2.14. The Morgan fingerprint density at radius 3 is 2.55 bits per heavy atom. The van der Waals surface area contributed by atoms with Crippen LogP contribution in [0.1, 0.15) is 22.6 Å². The van der Waals surface area contributed by atoms with Crippen molar-refractivity contribution in [2.75, 3.05) is 6.54 Å². The third-order valence-electron chi connectivity index (χ3n) is 5.08. The molecule has 0 amide bonds. The molecule has 3 aromatic carbocycles. The van der Waals surface area contributed by atoms with Gasteiger partial charge in [-0.25, -0.2) is 0 Å². The van der Waals surface area contributed by atoms with Crippen LogP contribution >= 0.6 is 34.8 Å². The molecule has 0 spiro atoms. The maximum absolute atomic E-state index is 11.4. The summed E-state index contributed by atoms with van der Waals surface area (Å²) < 4.78 is 5.82. The molecule has 0 aliphatic carbocycles. The van der Waals surface area contributed by atoms with E-state index in [1.165, 1.54) is 0 Å². The van der Waals surface area contributed by atoms with Crippen molar-refractivity contribution in [1.29, 1.82) is 0 Å². The maximum Gasteiger partial charge on any atom is 0.214 e. The summed E-state index contributed by atoms with van der Waals surface area (Å²) in [5.41, 5.74) is 3.29. The zero-order valence-corrected chi connectivity index (χ0v) is 18.4. The lowest BCUT2D eigenvalue weighted by Gasteiger charge is -2.15. The average molecular weight is 476 g/mol. The average Bonchev–Trinajstić information content (AvgIpc) is 3.16. The number of aromatic nitrogens is 1. The number of benzene rings is 3. The minimum absolute atomic E-state index is 0.218. The number of H-pyrrole nitrogens is 1. The predicted octanol–water partition coefficient (Wildman–Crippen LogP) is 7.12. The van der Waals surface area contributed by atoms with Crippen molar-refractivity contribution < 1.29 is 9.66 Å². The molecular weight excluding hydrogens is 459 g/mol. The number of nitro groups is 1. The van der Waals surface area contributed by atoms with Crippen LogP contribution < -0.4 is 4.74 Å². The van der Waals surface area contributed by atoms with E-state index in [1.54, 1.807) is 36.4 Å². The summed E-state index contributed by atoms with van der Waals surface area (Å²) in [6.07, 6.45) is 1.82. The van der Waals surface area contributed by atoms with Gasteiger partial charge in [-0.2, -0.15) is 0 Å². The van der Waals surface area contributed by atoms with E-state index in [0.717, 1.165) is 27.6 Å². The van der Waals surface area contributed by atoms with Gasteiger partial charge < -0.3 is 9.72 Å². The largest absolute Gasteiger partial charge is 0.487 e. The molecule has 8 heteroatoms. The van der Waals surface area contributed by atoms with Gasteiger partial charge in [-0.3, -0.25) is 10.1 Å². The van der Waals surface area contributed by atoms with Gasteiger partial charge >= 0.3 is 0 Å². The fourth-order valence-corrected chi connectivity index (χ4v) is 4.27. The van der Waals surface area contributed by atoms with Crippen LogP contribution in [0.25, 0.3) is 10.9 Å². The Bertz CT molecular complexity index is 1260. The third kappa shape index (κ3) is 4.79. The van der Waals surface area contributed by atoms with E-state index in [2.05, 4.69) is 4.98 Å². The normalized spacial score (nSPS) is 12.1. The Morgan fingerprint density at radius 1 is 1.00 bits per heavy atom. The molecule has 31 heavy (non-hydrogen) atoms. The van der Waals surface area contributed by atoms with E-state index in [1.807, 2.05) is 30.5 Å². The zero-order chi connectivity index (χ0) is 22.0. The van der Waals surface area contributed by atoms with Crippen molar-refractivity contribution in [1.82, 2.24) is 4.98 Å². The number of ether oxygens (including phenoxy) is 1. The molecule has 0 aliphatic heterocycles. The summed E-state index contributed by atoms with van der Waals surface area (Å²) in [5.74, 6) is 0.0126. The molecule has 1 atom stereocenters. The van der Waals surface area contributed by atoms with Gasteiger partial charge in [0.1, 0.15) is 12.4 Å². The van der Waals surface area contributed by atoms with E-state index in [4.69, 9.17) is 39.5 Å². The first kappa shape index (κ1) is 21.5. The number of halogens is 3. The van der Waals surface area contributed by atoms with E-state index < -0.39 is 5.92 Å². The molecule has 0 bridgehead atoms. The van der Waals surface area contributed by atoms with Crippen molar-refractivity contribution in [3.8, 4) is 5.75 Å². The van der Waals surface area contributed by atoms with Crippen LogP contribution in [0.15, 0.2) is 66.9 Å². The number of nitrogens with one attached hydrogen (secondary N) is 1. The van der Waals surface area contributed by atoms with Gasteiger partial charge in [0.2, 0.25) is 6.54 Å². The molecular formula is C23H17Cl3N2O3. The molecule has 4 aromatic rings. The van der Waals surface area contributed by atoms with Crippen LogP contribution in [0, 0.1) is 10.1 Å². The summed E-state index contributed by atoms with van der Waals surface area (Å²) >= 11 is 18.6. The predicted molar refractivity (Wildman–Crippen MR) is 124 cm³/mol. The van der Waals surface area contributed by atoms with Crippen molar-refractivity contribution in [3.63, 3.8) is 0 Å². The van der Waals surface area contributed by atoms with Crippen molar-refractivity contribution in [2.45, 2.75) is 12.5 Å². The highest BCUT2D eigenvalue weighted by Gasteiger charge is 2.24. The Kier molecular flexibility index (Phi) is 6.37. The molecule has 1 aromatic heterocycles. The topological polar surface area (TPSA) is 68.2 Å². The third-order valence-corrected chi connectivity index (χ3v) is 5.97. The smallest absolute Gasteiger partial charge is 0.214 e. The fraction of sp³-hybridized carbons (Fsp3) is 0.130. The molecule has 5 nitrogen and oxygen atoms in total. The van der Waals surface area contributed by atoms with E-state index in [9.17, 15) is 10.1 Å². The lowest BCUT2D eigenvalue weighted by atomic mass is 9.91. The van der Waals surface area contributed by atoms with Crippen LogP contribution in [0.4, 0.5) is 0 Å². The molecule has 4 rings (SSSR count). The molecule has 0 unspecified atom stereocenters. The second kappa shape index (κ2) is 9.18. The summed E-state index contributed by atoms with van der Waals surface area (Å²) in [7, 11) is 0. The summed E-state index contributed by atoms with van der Waals surface area (Å²) in [6, 6.07) is 18.1. The first-order valence-corrected chi connectivity index (χ1v) is 10.6. The van der Waals surface area contributed by atoms with Crippen LogP contribution in [0.2, 0.25) is 15.1 Å². The number of fused-ring (bicyclic) bond motifs is 1. The number of hydrogen-bond donors (Lipinski definition) is 1. The van der Waals surface area contributed by atoms with E-state index in [0.29, 0.717) is 20.8 Å². The van der Waals surface area contributed by atoms with Crippen LogP contribution in [-0.2, 0) is 6.61 Å². The molecule has 0 saturated heterocycles. The van der Waals surface area contributed by atoms with Crippen molar-refractivity contribution in [3.05, 3.63) is 109 Å². The SMILES string of the molecule is O=[N+]([O-])C[C@H](c1ccc(OCc2ccc(Cl)cc2Cl)c(Cl)c1)c1c[nH]c2ccccc12. The Hall–Kier alpha value is -2.73. The van der Waals surface area contributed by atoms with Crippen molar-refractivity contribution in [2.24, 2.45) is 0 Å². The second-order valence-electron chi connectivity index (χ2n) is 7.07. The van der Waals surface area contributed by atoms with Gasteiger partial charge in [0.05, 0.1) is 10.9 Å². The molecule has 0 fully saturated rings. The Morgan fingerprint density at radius 2 is 1.81 bits per heavy atom. The molecule has 158 valence electrons. The molecule has 0 radical (unpaired) electrons. The number of para-hydroxylation sites is 1. The van der Waals surface area contributed by atoms with E-state index >= 15 is 0 Å². The van der Waals surface area contributed by atoms with Gasteiger partial charge in [0.25, 0.3) is 0 Å². The highest BCUT2D eigenvalue weighted by Crippen LogP contribution is 2.35. The van der Waals surface area contributed by atoms with Gasteiger partial charge in [0.15, 0.2) is 0 Å². The van der Waals surface area contributed by atoms with E-state index in [-0.39, 0.29) is 18.1 Å². The fourth-order valence-electron chi connectivity index (χ4n) is 3.56. The number of rotatable bonds is 7. The summed E-state index contributed by atoms with van der Waals surface area (Å²) in [5, 5.41) is 13.8. The molecule has 1 heterocycles. The van der Waals surface area contributed by atoms with Crippen LogP contribution in [0.3, 0.4) is 0 Å². The van der Waals surface area contributed by atoms with Gasteiger partial charge in [-0.15, -0.1) is 0 Å². The number of nitrogens with zero attached hydrogens (tertiary/aromatic N) is 1. The molecule has 1 N–H and O–H groups in total. The standard InChI is InChI=1S/C23H17Cl3N2O3/c24-16-7-5-15(20(25)10-16)13-31-23-8-6-14(9-21(23)26)19(12-28(29)30)18-11-27-22-4-2-1-3-17(18)22/h1-11,19,27H,12-13H2/t19-/m1/s1. The zero-order valence-electron chi connectivity index (χ0n) is 16.1. The lowest BCUT2D eigenvalue weighted by molar-refractivity contribution is -0.481. The van der Waals surface area contributed by atoms with Gasteiger partial charge in [-0.05, 0) is 41.5 Å². The molecule has 0 aliphatic rings. The van der Waals surface area contributed by atoms with Gasteiger partial charge in [0, 0.05) is 37.6 Å². The number of aromatic amines is 1. The van der Waals surface area contributed by atoms with Crippen molar-refractivity contribution >= 4 is 45.7 Å². The quantitative estimate of drug-likeness (QED) is 0.229. The first-order valence-electron chi connectivity index (χ1n) is 9.46. The summed E-state index contributed by atoms with van der Waals surface area (Å²) in [4.78, 5) is 14.3. The van der Waals surface area contributed by atoms with Gasteiger partial charge in [-0.1, -0.05) is 65.1 Å². The Labute approximate surface area is 193 Å².